The van der Waals surface area contributed by atoms with Crippen molar-refractivity contribution in [1.82, 2.24) is 9.88 Å². The number of aliphatic carboxylic acids is 1. The zero-order valence-electron chi connectivity index (χ0n) is 14.7. The van der Waals surface area contributed by atoms with Crippen LogP contribution in [0.5, 0.6) is 0 Å². The number of anilines is 1. The number of nitrogens with one attached hydrogen (secondary N) is 1. The van der Waals surface area contributed by atoms with Crippen molar-refractivity contribution in [3.63, 3.8) is 0 Å². The van der Waals surface area contributed by atoms with E-state index in [2.05, 4.69) is 15.0 Å². The lowest BCUT2D eigenvalue weighted by Gasteiger charge is -2.37. The molecule has 2 aliphatic rings. The Bertz CT molecular complexity index is 983. The summed E-state index contributed by atoms with van der Waals surface area (Å²) < 4.78 is 28.4. The van der Waals surface area contributed by atoms with Gasteiger partial charge in [0.2, 0.25) is 0 Å². The molecule has 0 saturated carbocycles. The monoisotopic (exact) mass is 395 g/mol. The number of aromatic nitrogens is 1. The molecule has 3 rings (SSSR count). The van der Waals surface area contributed by atoms with Crippen LogP contribution in [0.4, 0.5) is 10.5 Å². The van der Waals surface area contributed by atoms with Gasteiger partial charge in [-0.3, -0.25) is 15.1 Å². The summed E-state index contributed by atoms with van der Waals surface area (Å²) in [5.41, 5.74) is 0.513. The maximum Gasteiger partial charge on any atom is 0.411 e. The van der Waals surface area contributed by atoms with Gasteiger partial charge >= 0.3 is 12.1 Å². The van der Waals surface area contributed by atoms with Crippen LogP contribution in [0.2, 0.25) is 0 Å². The van der Waals surface area contributed by atoms with Gasteiger partial charge in [0.05, 0.1) is 18.4 Å². The van der Waals surface area contributed by atoms with Gasteiger partial charge in [-0.2, -0.15) is 0 Å². The molecule has 27 heavy (non-hydrogen) atoms. The number of carboxylic acids is 1. The van der Waals surface area contributed by atoms with E-state index in [0.29, 0.717) is 5.69 Å². The summed E-state index contributed by atoms with van der Waals surface area (Å²) in [4.78, 5) is 40.2. The summed E-state index contributed by atoms with van der Waals surface area (Å²) in [6.07, 6.45) is 1.95. The van der Waals surface area contributed by atoms with Crippen molar-refractivity contribution in [3.05, 3.63) is 29.6 Å². The van der Waals surface area contributed by atoms with Crippen molar-refractivity contribution >= 4 is 39.6 Å². The molecule has 0 aromatic carbocycles. The Hall–Kier alpha value is -2.95. The molecular formula is C16H17N3O7S. The van der Waals surface area contributed by atoms with Crippen LogP contribution < -0.4 is 5.32 Å². The second kappa shape index (κ2) is 6.05. The predicted octanol–water partition coefficient (Wildman–Crippen LogP) is 0.472. The Morgan fingerprint density at radius 1 is 1.41 bits per heavy atom. The SMILES string of the molecule is COC(=O)Nc1ccnc(/C=C2/C(=O)N3C2S(=O)(=O)C(C)(C)[C@@H]3C(=O)O)c1. The summed E-state index contributed by atoms with van der Waals surface area (Å²) in [6, 6.07) is 1.46. The van der Waals surface area contributed by atoms with E-state index >= 15 is 0 Å². The molecule has 2 saturated heterocycles. The van der Waals surface area contributed by atoms with E-state index in [1.807, 2.05) is 0 Å². The fourth-order valence-electron chi connectivity index (χ4n) is 3.28. The molecule has 144 valence electrons. The molecule has 2 N–H and O–H groups in total. The van der Waals surface area contributed by atoms with Crippen LogP contribution in [-0.4, -0.2) is 64.7 Å². The number of fused-ring (bicyclic) bond motifs is 1. The number of carbonyl (C=O) groups excluding carboxylic acids is 2. The Morgan fingerprint density at radius 2 is 2.07 bits per heavy atom. The molecule has 10 nitrogen and oxygen atoms in total. The van der Waals surface area contributed by atoms with E-state index in [4.69, 9.17) is 0 Å². The molecule has 3 heterocycles. The van der Waals surface area contributed by atoms with Crippen LogP contribution in [0.15, 0.2) is 23.9 Å². The second-order valence-electron chi connectivity index (χ2n) is 6.64. The first-order valence-electron chi connectivity index (χ1n) is 7.84. The van der Waals surface area contributed by atoms with E-state index in [9.17, 15) is 27.9 Å². The number of carboxylic acid groups (broad SMARTS) is 1. The lowest BCUT2D eigenvalue weighted by molar-refractivity contribution is -0.152. The maximum absolute atomic E-state index is 12.8. The first-order chi connectivity index (χ1) is 12.5. The molecule has 2 aliphatic heterocycles. The molecule has 1 aromatic rings. The number of ether oxygens (including phenoxy) is 1. The Labute approximate surface area is 154 Å². The van der Waals surface area contributed by atoms with Crippen molar-refractivity contribution in [1.29, 1.82) is 0 Å². The molecule has 0 bridgehead atoms. The number of amides is 2. The molecule has 1 unspecified atom stereocenters. The molecular weight excluding hydrogens is 378 g/mol. The highest BCUT2D eigenvalue weighted by atomic mass is 32.2. The van der Waals surface area contributed by atoms with Gasteiger partial charge in [0, 0.05) is 11.9 Å². The number of β-lactam (4-membered cyclic amide) rings is 1. The fourth-order valence-corrected chi connectivity index (χ4v) is 5.40. The van der Waals surface area contributed by atoms with Crippen LogP contribution in [0.25, 0.3) is 6.08 Å². The lowest BCUT2D eigenvalue weighted by Crippen LogP contribution is -2.58. The summed E-state index contributed by atoms with van der Waals surface area (Å²) >= 11 is 0. The molecule has 2 atom stereocenters. The Balaban J connectivity index is 1.99. The third kappa shape index (κ3) is 2.65. The standard InChI is InChI=1S/C16H17N3O7S/c1-16(2)11(14(21)22)19-12(20)10(13(19)27(16,24)25)7-9-6-8(4-5-17-9)18-15(23)26-3/h4-7,11,13H,1-3H3,(H,21,22)(H,17,18,23)/b10-7-/t11-,13?/m0/s1. The van der Waals surface area contributed by atoms with Crippen molar-refractivity contribution in [2.75, 3.05) is 12.4 Å². The highest BCUT2D eigenvalue weighted by molar-refractivity contribution is 7.94. The molecule has 0 radical (unpaired) electrons. The number of carbonyl (C=O) groups is 3. The Morgan fingerprint density at radius 3 is 2.67 bits per heavy atom. The van der Waals surface area contributed by atoms with Gasteiger partial charge < -0.3 is 14.7 Å². The molecule has 0 spiro atoms. The van der Waals surface area contributed by atoms with Crippen molar-refractivity contribution in [3.8, 4) is 0 Å². The highest BCUT2D eigenvalue weighted by Crippen LogP contribution is 2.48. The van der Waals surface area contributed by atoms with Crippen molar-refractivity contribution < 1.29 is 32.6 Å². The van der Waals surface area contributed by atoms with Gasteiger partial charge in [0.25, 0.3) is 5.91 Å². The van der Waals surface area contributed by atoms with E-state index in [0.717, 1.165) is 4.90 Å². The average molecular weight is 395 g/mol. The number of nitrogens with zero attached hydrogens (tertiary/aromatic N) is 2. The quantitative estimate of drug-likeness (QED) is 0.555. The largest absolute Gasteiger partial charge is 0.480 e. The predicted molar refractivity (Wildman–Crippen MR) is 93.3 cm³/mol. The van der Waals surface area contributed by atoms with Crippen molar-refractivity contribution in [2.45, 2.75) is 30.0 Å². The molecule has 0 aliphatic carbocycles. The summed E-state index contributed by atoms with van der Waals surface area (Å²) in [5, 5.41) is 10.5. The third-order valence-electron chi connectivity index (χ3n) is 4.71. The first kappa shape index (κ1) is 18.8. The number of hydrogen-bond donors (Lipinski definition) is 2. The summed E-state index contributed by atoms with van der Waals surface area (Å²) in [7, 11) is -2.76. The average Bonchev–Trinajstić information content (AvgIpc) is 2.73. The van der Waals surface area contributed by atoms with E-state index in [1.54, 1.807) is 0 Å². The number of rotatable bonds is 3. The molecule has 2 amide bonds. The number of pyridine rings is 1. The van der Waals surface area contributed by atoms with Crippen LogP contribution in [0, 0.1) is 0 Å². The molecule has 2 fully saturated rings. The number of hydrogen-bond acceptors (Lipinski definition) is 7. The van der Waals surface area contributed by atoms with Gasteiger partial charge in [-0.25, -0.2) is 18.0 Å². The van der Waals surface area contributed by atoms with E-state index in [-0.39, 0.29) is 11.3 Å². The Kier molecular flexibility index (Phi) is 4.22. The minimum Gasteiger partial charge on any atom is -0.480 e. The van der Waals surface area contributed by atoms with Crippen molar-refractivity contribution in [2.24, 2.45) is 0 Å². The maximum atomic E-state index is 12.8. The topological polar surface area (TPSA) is 143 Å². The van der Waals surface area contributed by atoms with Gasteiger partial charge in [-0.15, -0.1) is 0 Å². The minimum atomic E-state index is -3.96. The summed E-state index contributed by atoms with van der Waals surface area (Å²) in [5.74, 6) is -2.05. The van der Waals surface area contributed by atoms with Crippen LogP contribution in [0.3, 0.4) is 0 Å². The van der Waals surface area contributed by atoms with Gasteiger partial charge in [0.1, 0.15) is 4.75 Å². The van der Waals surface area contributed by atoms with Gasteiger partial charge in [-0.05, 0) is 32.1 Å². The smallest absolute Gasteiger partial charge is 0.411 e. The van der Waals surface area contributed by atoms with E-state index in [1.165, 1.54) is 45.4 Å². The van der Waals surface area contributed by atoms with Gasteiger partial charge in [-0.1, -0.05) is 0 Å². The summed E-state index contributed by atoms with van der Waals surface area (Å²) in [6.45, 7) is 2.59. The normalized spacial score (nSPS) is 26.3. The molecule has 1 aromatic heterocycles. The third-order valence-corrected chi connectivity index (χ3v) is 7.47. The fraction of sp³-hybridized carbons (Fsp3) is 0.375. The zero-order valence-corrected chi connectivity index (χ0v) is 15.5. The zero-order chi connectivity index (χ0) is 20.1. The van der Waals surface area contributed by atoms with E-state index < -0.39 is 44.0 Å². The van der Waals surface area contributed by atoms with Crippen LogP contribution in [0.1, 0.15) is 19.5 Å². The van der Waals surface area contributed by atoms with Crippen LogP contribution in [-0.2, 0) is 24.2 Å². The lowest BCUT2D eigenvalue weighted by atomic mass is 9.95. The minimum absolute atomic E-state index is 0.0606. The molecule has 11 heteroatoms. The highest BCUT2D eigenvalue weighted by Gasteiger charge is 2.70. The van der Waals surface area contributed by atoms with Crippen LogP contribution >= 0.6 is 0 Å². The van der Waals surface area contributed by atoms with Gasteiger partial charge in [0.15, 0.2) is 21.3 Å². The number of methoxy groups -OCH3 is 1. The second-order valence-corrected chi connectivity index (χ2v) is 9.23. The first-order valence-corrected chi connectivity index (χ1v) is 9.38. The number of sulfone groups is 1.